The van der Waals surface area contributed by atoms with Crippen molar-refractivity contribution in [3.8, 4) is 22.6 Å². The van der Waals surface area contributed by atoms with Gasteiger partial charge >= 0.3 is 0 Å². The molecule has 3 rings (SSSR count). The van der Waals surface area contributed by atoms with Gasteiger partial charge in [-0.15, -0.1) is 0 Å². The lowest BCUT2D eigenvalue weighted by molar-refractivity contribution is -0.669. The number of benzene rings is 2. The second-order valence-electron chi connectivity index (χ2n) is 5.86. The van der Waals surface area contributed by atoms with Crippen LogP contribution < -0.4 is 14.0 Å². The summed E-state index contributed by atoms with van der Waals surface area (Å²) in [4.78, 5) is 0. The topological polar surface area (TPSA) is 42.6 Å². The first-order chi connectivity index (χ1) is 12.1. The first-order valence-electron chi connectivity index (χ1n) is 8.13. The van der Waals surface area contributed by atoms with Crippen LogP contribution >= 0.6 is 11.6 Å². The molecule has 4 nitrogen and oxygen atoms in total. The van der Waals surface area contributed by atoms with Crippen LogP contribution in [0.25, 0.3) is 21.9 Å². The summed E-state index contributed by atoms with van der Waals surface area (Å²) in [5, 5.41) is 11.7. The smallest absolute Gasteiger partial charge is 0.177 e. The number of nitrogens with zero attached hydrogens (tertiary/aromatic N) is 1. The van der Waals surface area contributed by atoms with Gasteiger partial charge in [0, 0.05) is 23.8 Å². The van der Waals surface area contributed by atoms with E-state index < -0.39 is 0 Å². The number of hydrogen-bond acceptors (Lipinski definition) is 3. The molecule has 0 atom stereocenters. The fourth-order valence-electron chi connectivity index (χ4n) is 2.83. The summed E-state index contributed by atoms with van der Waals surface area (Å²) >= 11 is 6.29. The molecule has 0 bridgehead atoms. The van der Waals surface area contributed by atoms with Crippen molar-refractivity contribution in [2.75, 3.05) is 20.3 Å². The second kappa shape index (κ2) is 7.72. The third-order valence-corrected chi connectivity index (χ3v) is 4.32. The number of pyridine rings is 1. The highest BCUT2D eigenvalue weighted by molar-refractivity contribution is 6.32. The van der Waals surface area contributed by atoms with Crippen LogP contribution in [0.15, 0.2) is 48.8 Å². The predicted molar refractivity (Wildman–Crippen MR) is 99.3 cm³/mol. The van der Waals surface area contributed by atoms with Crippen LogP contribution in [0.3, 0.4) is 0 Å². The van der Waals surface area contributed by atoms with Gasteiger partial charge < -0.3 is 14.6 Å². The molecule has 3 aromatic rings. The summed E-state index contributed by atoms with van der Waals surface area (Å²) in [5.74, 6) is 1.46. The van der Waals surface area contributed by atoms with Crippen molar-refractivity contribution in [2.24, 2.45) is 7.05 Å². The first kappa shape index (κ1) is 17.5. The van der Waals surface area contributed by atoms with E-state index in [9.17, 15) is 0 Å². The molecule has 1 N–H and O–H groups in total. The summed E-state index contributed by atoms with van der Waals surface area (Å²) in [7, 11) is 3.60. The quantitative estimate of drug-likeness (QED) is 0.539. The third kappa shape index (κ3) is 3.86. The Hall–Kier alpha value is -2.30. The summed E-state index contributed by atoms with van der Waals surface area (Å²) < 4.78 is 12.9. The van der Waals surface area contributed by atoms with Crippen LogP contribution in [-0.4, -0.2) is 25.4 Å². The van der Waals surface area contributed by atoms with Crippen LogP contribution in [0.5, 0.6) is 11.5 Å². The highest BCUT2D eigenvalue weighted by atomic mass is 35.5. The number of methoxy groups -OCH3 is 1. The standard InChI is InChI=1S/C20H21ClNO3/c1-22-12-15-10-16(25-9-3-8-23)5-6-17(15)18(13-22)14-4-7-20(24-2)19(21)11-14/h4-7,10-13,23H,3,8-9H2,1-2H3/q+1. The maximum atomic E-state index is 8.87. The molecule has 0 unspecified atom stereocenters. The van der Waals surface area contributed by atoms with E-state index in [1.807, 2.05) is 41.9 Å². The second-order valence-corrected chi connectivity index (χ2v) is 6.27. The number of aryl methyl sites for hydroxylation is 1. The van der Waals surface area contributed by atoms with E-state index in [2.05, 4.69) is 18.5 Å². The normalized spacial score (nSPS) is 10.9. The maximum absolute atomic E-state index is 8.87. The Morgan fingerprint density at radius 3 is 2.68 bits per heavy atom. The van der Waals surface area contributed by atoms with Crippen LogP contribution in [0.1, 0.15) is 6.42 Å². The van der Waals surface area contributed by atoms with Gasteiger partial charge in [-0.05, 0) is 35.9 Å². The van der Waals surface area contributed by atoms with E-state index in [4.69, 9.17) is 26.2 Å². The van der Waals surface area contributed by atoms with Gasteiger partial charge in [-0.1, -0.05) is 17.7 Å². The minimum absolute atomic E-state index is 0.130. The summed E-state index contributed by atoms with van der Waals surface area (Å²) in [5.41, 5.74) is 2.12. The zero-order chi connectivity index (χ0) is 17.8. The fourth-order valence-corrected chi connectivity index (χ4v) is 3.09. The SMILES string of the molecule is COc1ccc(-c2c[n+](C)cc3cc(OCCCO)ccc23)cc1Cl. The molecule has 1 aromatic heterocycles. The van der Waals surface area contributed by atoms with Crippen LogP contribution in [-0.2, 0) is 7.05 Å². The molecule has 5 heteroatoms. The molecule has 0 saturated heterocycles. The Morgan fingerprint density at radius 2 is 1.96 bits per heavy atom. The molecule has 0 aliphatic rings. The van der Waals surface area contributed by atoms with E-state index in [1.54, 1.807) is 7.11 Å². The molecular formula is C20H21ClNO3+. The Morgan fingerprint density at radius 1 is 1.12 bits per heavy atom. The number of ether oxygens (including phenoxy) is 2. The van der Waals surface area contributed by atoms with E-state index in [0.29, 0.717) is 23.8 Å². The zero-order valence-corrected chi connectivity index (χ0v) is 15.1. The van der Waals surface area contributed by atoms with E-state index >= 15 is 0 Å². The number of aliphatic hydroxyl groups excluding tert-OH is 1. The predicted octanol–water partition coefficient (Wildman–Crippen LogP) is 3.75. The average Bonchev–Trinajstić information content (AvgIpc) is 2.61. The van der Waals surface area contributed by atoms with Crippen molar-refractivity contribution in [1.29, 1.82) is 0 Å². The summed E-state index contributed by atoms with van der Waals surface area (Å²) in [6, 6.07) is 11.8. The number of halogens is 1. The number of rotatable bonds is 6. The molecule has 0 aliphatic heterocycles. The number of aliphatic hydroxyl groups is 1. The molecule has 2 aromatic carbocycles. The molecule has 1 heterocycles. The molecular weight excluding hydrogens is 338 g/mol. The molecule has 0 fully saturated rings. The lowest BCUT2D eigenvalue weighted by Crippen LogP contribution is -2.26. The van der Waals surface area contributed by atoms with Gasteiger partial charge in [0.2, 0.25) is 0 Å². The Bertz CT molecular complexity index is 895. The Kier molecular flexibility index (Phi) is 5.41. The van der Waals surface area contributed by atoms with Crippen LogP contribution in [0, 0.1) is 0 Å². The van der Waals surface area contributed by atoms with Crippen LogP contribution in [0.2, 0.25) is 5.02 Å². The van der Waals surface area contributed by atoms with Gasteiger partial charge in [0.05, 0.1) is 24.3 Å². The Balaban J connectivity index is 2.04. The molecule has 0 saturated carbocycles. The molecule has 25 heavy (non-hydrogen) atoms. The largest absolute Gasteiger partial charge is 0.495 e. The van der Waals surface area contributed by atoms with Crippen molar-refractivity contribution >= 4 is 22.4 Å². The van der Waals surface area contributed by atoms with Crippen molar-refractivity contribution in [2.45, 2.75) is 6.42 Å². The molecule has 0 amide bonds. The van der Waals surface area contributed by atoms with E-state index in [-0.39, 0.29) is 6.61 Å². The van der Waals surface area contributed by atoms with Crippen molar-refractivity contribution in [3.05, 3.63) is 53.8 Å². The summed E-state index contributed by atoms with van der Waals surface area (Å²) in [6.07, 6.45) is 4.76. The van der Waals surface area contributed by atoms with Gasteiger partial charge in [0.1, 0.15) is 18.5 Å². The van der Waals surface area contributed by atoms with Crippen molar-refractivity contribution in [3.63, 3.8) is 0 Å². The summed E-state index contributed by atoms with van der Waals surface area (Å²) in [6.45, 7) is 0.632. The molecule has 0 aliphatic carbocycles. The van der Waals surface area contributed by atoms with Gasteiger partial charge in [-0.3, -0.25) is 0 Å². The van der Waals surface area contributed by atoms with Gasteiger partial charge in [0.15, 0.2) is 12.4 Å². The number of aromatic nitrogens is 1. The fraction of sp³-hybridized carbons (Fsp3) is 0.250. The Labute approximate surface area is 152 Å². The monoisotopic (exact) mass is 358 g/mol. The lowest BCUT2D eigenvalue weighted by atomic mass is 10.0. The zero-order valence-electron chi connectivity index (χ0n) is 14.3. The minimum Gasteiger partial charge on any atom is -0.495 e. The minimum atomic E-state index is 0.130. The first-order valence-corrected chi connectivity index (χ1v) is 8.51. The number of fused-ring (bicyclic) bond motifs is 1. The maximum Gasteiger partial charge on any atom is 0.177 e. The van der Waals surface area contributed by atoms with E-state index in [0.717, 1.165) is 27.6 Å². The molecule has 0 spiro atoms. The van der Waals surface area contributed by atoms with Crippen molar-refractivity contribution in [1.82, 2.24) is 0 Å². The van der Waals surface area contributed by atoms with Crippen molar-refractivity contribution < 1.29 is 19.1 Å². The molecule has 0 radical (unpaired) electrons. The number of hydrogen-bond donors (Lipinski definition) is 1. The molecule has 130 valence electrons. The third-order valence-electron chi connectivity index (χ3n) is 4.02. The van der Waals surface area contributed by atoms with Crippen LogP contribution in [0.4, 0.5) is 0 Å². The van der Waals surface area contributed by atoms with Gasteiger partial charge in [0.25, 0.3) is 0 Å². The van der Waals surface area contributed by atoms with Gasteiger partial charge in [-0.25, -0.2) is 4.57 Å². The highest BCUT2D eigenvalue weighted by Crippen LogP contribution is 2.34. The average molecular weight is 359 g/mol. The van der Waals surface area contributed by atoms with E-state index in [1.165, 1.54) is 0 Å². The van der Waals surface area contributed by atoms with Gasteiger partial charge in [-0.2, -0.15) is 0 Å². The highest BCUT2D eigenvalue weighted by Gasteiger charge is 2.13. The lowest BCUT2D eigenvalue weighted by Gasteiger charge is -2.10.